The van der Waals surface area contributed by atoms with Crippen molar-refractivity contribution in [1.29, 1.82) is 0 Å². The van der Waals surface area contributed by atoms with E-state index in [1.54, 1.807) is 37.3 Å². The molecule has 172 valence electrons. The molecule has 0 saturated carbocycles. The van der Waals surface area contributed by atoms with E-state index in [0.717, 1.165) is 33.8 Å². The first-order chi connectivity index (χ1) is 16.2. The number of hydrogen-bond acceptors (Lipinski definition) is 5. The Balaban J connectivity index is 1.62. The van der Waals surface area contributed by atoms with Gasteiger partial charge in [-0.3, -0.25) is 9.52 Å². The Labute approximate surface area is 198 Å². The number of aryl methyl sites for hydroxylation is 1. The van der Waals surface area contributed by atoms with E-state index >= 15 is 0 Å². The molecule has 0 fully saturated rings. The summed E-state index contributed by atoms with van der Waals surface area (Å²) in [6, 6.07) is 24.0. The fourth-order valence-electron chi connectivity index (χ4n) is 3.57. The Kier molecular flexibility index (Phi) is 6.43. The predicted octanol–water partition coefficient (Wildman–Crippen LogP) is 4.74. The number of amides is 1. The number of para-hydroxylation sites is 1. The molecule has 1 amide bonds. The Bertz CT molecular complexity index is 1510. The second kappa shape index (κ2) is 9.44. The maximum atomic E-state index is 13.1. The van der Waals surface area contributed by atoms with Crippen LogP contribution >= 0.6 is 0 Å². The number of sulfonamides is 1. The quantitative estimate of drug-likeness (QED) is 0.313. The molecule has 34 heavy (non-hydrogen) atoms. The molecule has 0 bridgehead atoms. The number of rotatable bonds is 6. The summed E-state index contributed by atoms with van der Waals surface area (Å²) >= 11 is 0. The summed E-state index contributed by atoms with van der Waals surface area (Å²) in [4.78, 5) is 17.9. The number of aromatic nitrogens is 1. The molecule has 0 spiro atoms. The maximum absolute atomic E-state index is 13.1. The smallest absolute Gasteiger partial charge is 0.272 e. The summed E-state index contributed by atoms with van der Waals surface area (Å²) in [6.45, 7) is 3.78. The first-order valence-corrected chi connectivity index (χ1v) is 12.5. The monoisotopic (exact) mass is 472 g/mol. The average Bonchev–Trinajstić information content (AvgIpc) is 2.81. The second-order valence-corrected chi connectivity index (χ2v) is 9.78. The van der Waals surface area contributed by atoms with Gasteiger partial charge in [0, 0.05) is 16.6 Å². The van der Waals surface area contributed by atoms with Gasteiger partial charge in [-0.2, -0.15) is 5.10 Å². The molecule has 7 nitrogen and oxygen atoms in total. The fourth-order valence-corrected chi connectivity index (χ4v) is 4.13. The number of hydrazone groups is 1. The van der Waals surface area contributed by atoms with Crippen LogP contribution in [0.25, 0.3) is 22.2 Å². The molecular formula is C26H24N4O3S. The highest BCUT2D eigenvalue weighted by atomic mass is 32.2. The van der Waals surface area contributed by atoms with Gasteiger partial charge in [0.1, 0.15) is 0 Å². The molecule has 0 aliphatic carbocycles. The zero-order chi connectivity index (χ0) is 24.3. The van der Waals surface area contributed by atoms with Crippen LogP contribution in [-0.2, 0) is 10.0 Å². The second-order valence-electron chi connectivity index (χ2n) is 8.03. The lowest BCUT2D eigenvalue weighted by molar-refractivity contribution is 0.0956. The Morgan fingerprint density at radius 3 is 2.38 bits per heavy atom. The zero-order valence-corrected chi connectivity index (χ0v) is 19.8. The molecule has 8 heteroatoms. The minimum Gasteiger partial charge on any atom is -0.284 e. The van der Waals surface area contributed by atoms with Crippen LogP contribution in [-0.4, -0.2) is 31.3 Å². The largest absolute Gasteiger partial charge is 0.284 e. The molecule has 0 aliphatic rings. The summed E-state index contributed by atoms with van der Waals surface area (Å²) in [5.41, 5.74) is 8.38. The zero-order valence-electron chi connectivity index (χ0n) is 19.0. The van der Waals surface area contributed by atoms with E-state index < -0.39 is 10.0 Å². The van der Waals surface area contributed by atoms with E-state index in [1.807, 2.05) is 55.5 Å². The van der Waals surface area contributed by atoms with Gasteiger partial charge in [-0.05, 0) is 49.7 Å². The number of carbonyl (C=O) groups is 1. The molecular weight excluding hydrogens is 448 g/mol. The van der Waals surface area contributed by atoms with Crippen molar-refractivity contribution in [3.8, 4) is 11.3 Å². The highest BCUT2D eigenvalue weighted by Gasteiger charge is 2.14. The van der Waals surface area contributed by atoms with Crippen LogP contribution < -0.4 is 10.1 Å². The normalized spacial score (nSPS) is 11.9. The van der Waals surface area contributed by atoms with Crippen molar-refractivity contribution in [2.45, 2.75) is 13.8 Å². The van der Waals surface area contributed by atoms with Crippen molar-refractivity contribution in [2.24, 2.45) is 5.10 Å². The molecule has 2 N–H and O–H groups in total. The van der Waals surface area contributed by atoms with Crippen LogP contribution in [0.5, 0.6) is 0 Å². The first-order valence-electron chi connectivity index (χ1n) is 10.6. The number of benzene rings is 3. The standard InChI is InChI=1S/C26H24N4O3S/c1-17-7-6-8-20(15-17)25-16-23(22-9-4-5-10-24(22)27-25)26(31)29-28-18(2)19-11-13-21(14-12-19)30-34(3,32)33/h4-16,30H,1-3H3,(H,29,31)/b28-18-. The SMILES string of the molecule is C/C(=N/NC(=O)c1cc(-c2cccc(C)c2)nc2ccccc12)c1ccc(NS(C)(=O)=O)cc1. The molecule has 0 saturated heterocycles. The van der Waals surface area contributed by atoms with E-state index in [2.05, 4.69) is 15.2 Å². The number of fused-ring (bicyclic) bond motifs is 1. The van der Waals surface area contributed by atoms with Gasteiger partial charge in [-0.1, -0.05) is 54.1 Å². The molecule has 0 unspecified atom stereocenters. The number of nitrogens with zero attached hydrogens (tertiary/aromatic N) is 2. The summed E-state index contributed by atoms with van der Waals surface area (Å²) in [5, 5.41) is 4.99. The number of hydrogen-bond donors (Lipinski definition) is 2. The minimum atomic E-state index is -3.35. The lowest BCUT2D eigenvalue weighted by Gasteiger charge is -2.10. The summed E-state index contributed by atoms with van der Waals surface area (Å²) in [7, 11) is -3.35. The van der Waals surface area contributed by atoms with Crippen molar-refractivity contribution in [3.05, 3.63) is 95.6 Å². The van der Waals surface area contributed by atoms with Crippen molar-refractivity contribution >= 4 is 38.2 Å². The number of anilines is 1. The van der Waals surface area contributed by atoms with Crippen molar-refractivity contribution in [2.75, 3.05) is 11.0 Å². The molecule has 4 aromatic rings. The molecule has 0 radical (unpaired) electrons. The third-order valence-electron chi connectivity index (χ3n) is 5.21. The topological polar surface area (TPSA) is 101 Å². The Morgan fingerprint density at radius 1 is 0.941 bits per heavy atom. The van der Waals surface area contributed by atoms with Gasteiger partial charge in [0.2, 0.25) is 10.0 Å². The average molecular weight is 473 g/mol. The molecule has 3 aromatic carbocycles. The van der Waals surface area contributed by atoms with Gasteiger partial charge in [0.25, 0.3) is 5.91 Å². The Hall–Kier alpha value is -4.04. The van der Waals surface area contributed by atoms with Gasteiger partial charge in [-0.25, -0.2) is 18.8 Å². The van der Waals surface area contributed by atoms with Crippen LogP contribution in [0.4, 0.5) is 5.69 Å². The van der Waals surface area contributed by atoms with Gasteiger partial charge >= 0.3 is 0 Å². The van der Waals surface area contributed by atoms with Crippen molar-refractivity contribution in [3.63, 3.8) is 0 Å². The molecule has 1 heterocycles. The van der Waals surface area contributed by atoms with Gasteiger partial charge in [-0.15, -0.1) is 0 Å². The molecule has 4 rings (SSSR count). The number of nitrogens with one attached hydrogen (secondary N) is 2. The minimum absolute atomic E-state index is 0.345. The highest BCUT2D eigenvalue weighted by Crippen LogP contribution is 2.25. The van der Waals surface area contributed by atoms with Crippen LogP contribution in [0.3, 0.4) is 0 Å². The van der Waals surface area contributed by atoms with Crippen LogP contribution in [0.15, 0.2) is 84.0 Å². The third-order valence-corrected chi connectivity index (χ3v) is 5.81. The molecule has 1 aromatic heterocycles. The van der Waals surface area contributed by atoms with Crippen LogP contribution in [0.2, 0.25) is 0 Å². The lowest BCUT2D eigenvalue weighted by atomic mass is 10.0. The summed E-state index contributed by atoms with van der Waals surface area (Å²) in [5.74, 6) is -0.345. The van der Waals surface area contributed by atoms with Crippen LogP contribution in [0, 0.1) is 6.92 Å². The van der Waals surface area contributed by atoms with Gasteiger partial charge < -0.3 is 0 Å². The van der Waals surface area contributed by atoms with E-state index in [4.69, 9.17) is 4.98 Å². The maximum Gasteiger partial charge on any atom is 0.272 e. The highest BCUT2D eigenvalue weighted by molar-refractivity contribution is 7.92. The number of carbonyl (C=O) groups excluding carboxylic acids is 1. The van der Waals surface area contributed by atoms with E-state index in [1.165, 1.54) is 0 Å². The Morgan fingerprint density at radius 2 is 1.68 bits per heavy atom. The molecule has 0 atom stereocenters. The van der Waals surface area contributed by atoms with Crippen molar-refractivity contribution in [1.82, 2.24) is 10.4 Å². The summed E-state index contributed by atoms with van der Waals surface area (Å²) < 4.78 is 25.2. The summed E-state index contributed by atoms with van der Waals surface area (Å²) in [6.07, 6.45) is 1.09. The van der Waals surface area contributed by atoms with Crippen LogP contribution in [0.1, 0.15) is 28.4 Å². The third kappa shape index (κ3) is 5.47. The lowest BCUT2D eigenvalue weighted by Crippen LogP contribution is -2.20. The van der Waals surface area contributed by atoms with Gasteiger partial charge in [0.15, 0.2) is 0 Å². The predicted molar refractivity (Wildman–Crippen MR) is 137 cm³/mol. The first kappa shape index (κ1) is 23.1. The fraction of sp³-hybridized carbons (Fsp3) is 0.115. The van der Waals surface area contributed by atoms with Gasteiger partial charge in [0.05, 0.1) is 28.7 Å². The van der Waals surface area contributed by atoms with E-state index in [0.29, 0.717) is 22.7 Å². The van der Waals surface area contributed by atoms with E-state index in [-0.39, 0.29) is 5.91 Å². The molecule has 0 aliphatic heterocycles. The number of pyridine rings is 1. The van der Waals surface area contributed by atoms with Crippen molar-refractivity contribution < 1.29 is 13.2 Å². The van der Waals surface area contributed by atoms with E-state index in [9.17, 15) is 13.2 Å².